The summed E-state index contributed by atoms with van der Waals surface area (Å²) in [6.07, 6.45) is 5.32. The number of nitrogens with zero attached hydrogens (tertiary/aromatic N) is 2. The van der Waals surface area contributed by atoms with Crippen LogP contribution in [0.15, 0.2) is 91.2 Å². The predicted molar refractivity (Wildman–Crippen MR) is 160 cm³/mol. The van der Waals surface area contributed by atoms with E-state index in [1.165, 1.54) is 0 Å². The zero-order valence-corrected chi connectivity index (χ0v) is 23.5. The number of fused-ring (bicyclic) bond motifs is 1. The molecule has 2 aromatic heterocycles. The third-order valence-electron chi connectivity index (χ3n) is 6.42. The number of amides is 2. The molecule has 4 aromatic rings. The van der Waals surface area contributed by atoms with Gasteiger partial charge in [-0.25, -0.2) is 4.98 Å². The number of aromatic nitrogens is 2. The van der Waals surface area contributed by atoms with Crippen LogP contribution in [-0.2, 0) is 4.74 Å². The fraction of sp³-hybridized carbons (Fsp3) is 0.212. The number of benzene rings is 2. The SMILES string of the molecule is C=C(CNC(=O)c1ccc(NC(=O)c2cc(-c3cccnc3)nc3c(C)cc(C)cc23)cc1)O/C(=C\C)C(C)C. The zero-order chi connectivity index (χ0) is 28.8. The van der Waals surface area contributed by atoms with Gasteiger partial charge in [0.2, 0.25) is 0 Å². The molecule has 204 valence electrons. The van der Waals surface area contributed by atoms with Gasteiger partial charge in [-0.15, -0.1) is 0 Å². The molecule has 40 heavy (non-hydrogen) atoms. The number of carbonyl (C=O) groups is 2. The molecule has 0 saturated carbocycles. The second-order valence-corrected chi connectivity index (χ2v) is 9.98. The predicted octanol–water partition coefficient (Wildman–Crippen LogP) is 6.99. The van der Waals surface area contributed by atoms with E-state index in [0.29, 0.717) is 28.3 Å². The van der Waals surface area contributed by atoms with E-state index in [-0.39, 0.29) is 24.3 Å². The van der Waals surface area contributed by atoms with E-state index in [2.05, 4.69) is 28.3 Å². The third kappa shape index (κ3) is 6.61. The molecule has 0 atom stereocenters. The Morgan fingerprint density at radius 3 is 2.45 bits per heavy atom. The second kappa shape index (κ2) is 12.4. The Kier molecular flexibility index (Phi) is 8.74. The molecule has 0 aliphatic rings. The second-order valence-electron chi connectivity index (χ2n) is 9.98. The van der Waals surface area contributed by atoms with Gasteiger partial charge in [0.25, 0.3) is 11.8 Å². The molecule has 0 aliphatic heterocycles. The summed E-state index contributed by atoms with van der Waals surface area (Å²) >= 11 is 0. The summed E-state index contributed by atoms with van der Waals surface area (Å²) in [5.41, 5.74) is 5.84. The number of rotatable bonds is 9. The van der Waals surface area contributed by atoms with Crippen LogP contribution < -0.4 is 10.6 Å². The summed E-state index contributed by atoms with van der Waals surface area (Å²) < 4.78 is 5.73. The number of nitrogens with one attached hydrogen (secondary N) is 2. The summed E-state index contributed by atoms with van der Waals surface area (Å²) in [5, 5.41) is 6.56. The van der Waals surface area contributed by atoms with Crippen LogP contribution in [0.4, 0.5) is 5.69 Å². The van der Waals surface area contributed by atoms with Gasteiger partial charge in [-0.3, -0.25) is 14.6 Å². The molecule has 4 rings (SSSR count). The first-order valence-electron chi connectivity index (χ1n) is 13.2. The monoisotopic (exact) mass is 534 g/mol. The number of allylic oxidation sites excluding steroid dienone is 2. The van der Waals surface area contributed by atoms with Crippen molar-refractivity contribution in [3.63, 3.8) is 0 Å². The van der Waals surface area contributed by atoms with Gasteiger partial charge in [0.15, 0.2) is 0 Å². The maximum absolute atomic E-state index is 13.5. The minimum atomic E-state index is -0.266. The average Bonchev–Trinajstić information content (AvgIpc) is 2.94. The van der Waals surface area contributed by atoms with Gasteiger partial charge >= 0.3 is 0 Å². The molecule has 0 radical (unpaired) electrons. The zero-order valence-electron chi connectivity index (χ0n) is 23.5. The highest BCUT2D eigenvalue weighted by Gasteiger charge is 2.17. The van der Waals surface area contributed by atoms with Gasteiger partial charge < -0.3 is 15.4 Å². The molecule has 0 spiro atoms. The minimum Gasteiger partial charge on any atom is -0.465 e. The highest BCUT2D eigenvalue weighted by Crippen LogP contribution is 2.28. The van der Waals surface area contributed by atoms with E-state index in [1.807, 2.05) is 58.9 Å². The summed E-state index contributed by atoms with van der Waals surface area (Å²) in [6.45, 7) is 14.0. The van der Waals surface area contributed by atoms with E-state index in [0.717, 1.165) is 33.4 Å². The van der Waals surface area contributed by atoms with Crippen LogP contribution in [0.2, 0.25) is 0 Å². The number of hydrogen-bond donors (Lipinski definition) is 2. The molecule has 7 heteroatoms. The highest BCUT2D eigenvalue weighted by atomic mass is 16.5. The van der Waals surface area contributed by atoms with E-state index >= 15 is 0 Å². The Hall–Kier alpha value is -4.78. The Morgan fingerprint density at radius 1 is 1.05 bits per heavy atom. The number of aryl methyl sites for hydroxylation is 2. The lowest BCUT2D eigenvalue weighted by Crippen LogP contribution is -2.26. The first-order chi connectivity index (χ1) is 19.2. The molecule has 7 nitrogen and oxygen atoms in total. The van der Waals surface area contributed by atoms with Gasteiger partial charge in [0, 0.05) is 40.5 Å². The van der Waals surface area contributed by atoms with Gasteiger partial charge in [0.1, 0.15) is 11.5 Å². The molecule has 2 N–H and O–H groups in total. The Balaban J connectivity index is 1.51. The number of carbonyl (C=O) groups excluding carboxylic acids is 2. The molecule has 2 heterocycles. The van der Waals surface area contributed by atoms with Crippen molar-refractivity contribution in [1.29, 1.82) is 0 Å². The average molecular weight is 535 g/mol. The Labute approximate surface area is 235 Å². The maximum atomic E-state index is 13.5. The molecular formula is C33H34N4O3. The van der Waals surface area contributed by atoms with Crippen LogP contribution >= 0.6 is 0 Å². The summed E-state index contributed by atoms with van der Waals surface area (Å²) in [5.74, 6) is 0.957. The molecule has 2 aromatic carbocycles. The summed E-state index contributed by atoms with van der Waals surface area (Å²) in [6, 6.07) is 16.3. The topological polar surface area (TPSA) is 93.2 Å². The van der Waals surface area contributed by atoms with Crippen LogP contribution in [-0.4, -0.2) is 28.3 Å². The van der Waals surface area contributed by atoms with Crippen molar-refractivity contribution < 1.29 is 14.3 Å². The number of ether oxygens (including phenoxy) is 1. The van der Waals surface area contributed by atoms with Crippen LogP contribution in [0.1, 0.15) is 52.6 Å². The lowest BCUT2D eigenvalue weighted by Gasteiger charge is -2.15. The number of pyridine rings is 2. The molecular weight excluding hydrogens is 500 g/mol. The molecule has 0 bridgehead atoms. The van der Waals surface area contributed by atoms with Gasteiger partial charge in [0.05, 0.1) is 23.3 Å². The first-order valence-corrected chi connectivity index (χ1v) is 13.2. The van der Waals surface area contributed by atoms with Crippen LogP contribution in [0.3, 0.4) is 0 Å². The fourth-order valence-corrected chi connectivity index (χ4v) is 4.43. The van der Waals surface area contributed by atoms with Crippen LogP contribution in [0, 0.1) is 19.8 Å². The first kappa shape index (κ1) is 28.2. The molecule has 0 aliphatic carbocycles. The molecule has 0 saturated heterocycles. The van der Waals surface area contributed by atoms with Crippen molar-refractivity contribution in [3.05, 3.63) is 113 Å². The fourth-order valence-electron chi connectivity index (χ4n) is 4.43. The van der Waals surface area contributed by atoms with Crippen molar-refractivity contribution in [1.82, 2.24) is 15.3 Å². The van der Waals surface area contributed by atoms with Gasteiger partial charge in [-0.05, 0) is 80.9 Å². The highest BCUT2D eigenvalue weighted by molar-refractivity contribution is 6.13. The molecule has 2 amide bonds. The third-order valence-corrected chi connectivity index (χ3v) is 6.42. The minimum absolute atomic E-state index is 0.189. The maximum Gasteiger partial charge on any atom is 0.256 e. The van der Waals surface area contributed by atoms with Crippen LogP contribution in [0.5, 0.6) is 0 Å². The lowest BCUT2D eigenvalue weighted by molar-refractivity contribution is 0.0949. The van der Waals surface area contributed by atoms with Gasteiger partial charge in [-0.2, -0.15) is 0 Å². The van der Waals surface area contributed by atoms with Crippen molar-refractivity contribution in [3.8, 4) is 11.3 Å². The lowest BCUT2D eigenvalue weighted by atomic mass is 9.99. The Bertz CT molecular complexity index is 1590. The van der Waals surface area contributed by atoms with E-state index in [4.69, 9.17) is 9.72 Å². The normalized spacial score (nSPS) is 11.4. The van der Waals surface area contributed by atoms with Crippen molar-refractivity contribution in [2.75, 3.05) is 11.9 Å². The van der Waals surface area contributed by atoms with Crippen molar-refractivity contribution in [2.45, 2.75) is 34.6 Å². The summed E-state index contributed by atoms with van der Waals surface area (Å²) in [4.78, 5) is 35.2. The quantitative estimate of drug-likeness (QED) is 0.226. The van der Waals surface area contributed by atoms with Gasteiger partial charge in [-0.1, -0.05) is 32.1 Å². The van der Waals surface area contributed by atoms with Crippen molar-refractivity contribution in [2.24, 2.45) is 5.92 Å². The standard InChI is InChI=1S/C33H34N4O3/c1-7-30(20(2)3)40-23(6)18-35-32(38)24-10-12-26(13-11-24)36-33(39)28-17-29(25-9-8-14-34-19-25)37-31-22(5)15-21(4)16-27(28)31/h7-17,19-20H,6,18H2,1-5H3,(H,35,38)(H,36,39)/b30-7-. The van der Waals surface area contributed by atoms with E-state index in [9.17, 15) is 9.59 Å². The molecule has 0 unspecified atom stereocenters. The Morgan fingerprint density at radius 2 is 1.80 bits per heavy atom. The molecule has 0 fully saturated rings. The number of hydrogen-bond acceptors (Lipinski definition) is 5. The van der Waals surface area contributed by atoms with Crippen LogP contribution in [0.25, 0.3) is 22.2 Å². The smallest absolute Gasteiger partial charge is 0.256 e. The largest absolute Gasteiger partial charge is 0.465 e. The van der Waals surface area contributed by atoms with E-state index < -0.39 is 0 Å². The number of anilines is 1. The van der Waals surface area contributed by atoms with E-state index in [1.54, 1.807) is 42.7 Å². The summed E-state index contributed by atoms with van der Waals surface area (Å²) in [7, 11) is 0. The van der Waals surface area contributed by atoms with Crippen molar-refractivity contribution >= 4 is 28.4 Å².